The molecule has 1 aromatic carbocycles. The van der Waals surface area contributed by atoms with E-state index >= 15 is 0 Å². The minimum absolute atomic E-state index is 0.104. The number of piperidine rings is 1. The lowest BCUT2D eigenvalue weighted by atomic mass is 9.87. The van der Waals surface area contributed by atoms with Crippen molar-refractivity contribution in [3.05, 3.63) is 35.4 Å². The summed E-state index contributed by atoms with van der Waals surface area (Å²) < 4.78 is 64.3. The second-order valence-electron chi connectivity index (χ2n) is 4.82. The summed E-state index contributed by atoms with van der Waals surface area (Å²) in [6.07, 6.45) is -3.96. The van der Waals surface area contributed by atoms with Gasteiger partial charge in [0, 0.05) is 5.92 Å². The quantitative estimate of drug-likeness (QED) is 0.817. The van der Waals surface area contributed by atoms with E-state index in [1.807, 2.05) is 0 Å². The van der Waals surface area contributed by atoms with E-state index in [0.29, 0.717) is 18.5 Å². The van der Waals surface area contributed by atoms with E-state index in [0.717, 1.165) is 12.1 Å². The second-order valence-corrected chi connectivity index (χ2v) is 4.82. The number of halogens is 5. The second kappa shape index (κ2) is 5.07. The molecule has 0 spiro atoms. The molecule has 1 atom stereocenters. The first-order valence-corrected chi connectivity index (χ1v) is 6.04. The molecule has 0 amide bonds. The molecule has 0 bridgehead atoms. The third kappa shape index (κ3) is 3.43. The number of rotatable bonds is 2. The minimum atomic E-state index is -4.39. The number of benzene rings is 1. The number of alkyl halides is 5. The highest BCUT2D eigenvalue weighted by molar-refractivity contribution is 5.25. The topological polar surface area (TPSA) is 12.0 Å². The van der Waals surface area contributed by atoms with Crippen LogP contribution in [0.25, 0.3) is 0 Å². The van der Waals surface area contributed by atoms with E-state index in [4.69, 9.17) is 0 Å². The van der Waals surface area contributed by atoms with Gasteiger partial charge in [0.1, 0.15) is 0 Å². The van der Waals surface area contributed by atoms with Gasteiger partial charge in [-0.25, -0.2) is 8.78 Å². The molecule has 1 fully saturated rings. The average Bonchev–Trinajstić information content (AvgIpc) is 2.31. The highest BCUT2D eigenvalue weighted by Crippen LogP contribution is 2.33. The van der Waals surface area contributed by atoms with E-state index in [9.17, 15) is 22.0 Å². The SMILES string of the molecule is FC(F)(F)c1ccc(CC2CCNCC2(F)F)cc1. The van der Waals surface area contributed by atoms with Gasteiger partial charge in [0.05, 0.1) is 12.1 Å². The lowest BCUT2D eigenvalue weighted by Crippen LogP contribution is -2.46. The van der Waals surface area contributed by atoms with Gasteiger partial charge in [-0.05, 0) is 37.1 Å². The van der Waals surface area contributed by atoms with Crippen LogP contribution in [-0.2, 0) is 12.6 Å². The lowest BCUT2D eigenvalue weighted by molar-refractivity contribution is -0.137. The Bertz CT molecular complexity index is 424. The third-order valence-electron chi connectivity index (χ3n) is 3.39. The van der Waals surface area contributed by atoms with Gasteiger partial charge in [-0.15, -0.1) is 0 Å². The van der Waals surface area contributed by atoms with Crippen LogP contribution in [0.4, 0.5) is 22.0 Å². The van der Waals surface area contributed by atoms with Gasteiger partial charge in [0.25, 0.3) is 5.92 Å². The van der Waals surface area contributed by atoms with Gasteiger partial charge < -0.3 is 5.32 Å². The summed E-state index contributed by atoms with van der Waals surface area (Å²) in [5, 5.41) is 2.62. The summed E-state index contributed by atoms with van der Waals surface area (Å²) >= 11 is 0. The highest BCUT2D eigenvalue weighted by Gasteiger charge is 2.41. The molecule has 1 aliphatic rings. The maximum Gasteiger partial charge on any atom is 0.416 e. The fraction of sp³-hybridized carbons (Fsp3) is 0.538. The van der Waals surface area contributed by atoms with Gasteiger partial charge in [0.15, 0.2) is 0 Å². The highest BCUT2D eigenvalue weighted by atomic mass is 19.4. The molecule has 2 rings (SSSR count). The fourth-order valence-corrected chi connectivity index (χ4v) is 2.25. The summed E-state index contributed by atoms with van der Waals surface area (Å²) in [6.45, 7) is 0.152. The summed E-state index contributed by atoms with van der Waals surface area (Å²) in [7, 11) is 0. The van der Waals surface area contributed by atoms with Gasteiger partial charge >= 0.3 is 6.18 Å². The fourth-order valence-electron chi connectivity index (χ4n) is 2.25. The maximum absolute atomic E-state index is 13.6. The average molecular weight is 279 g/mol. The Labute approximate surface area is 107 Å². The molecule has 1 saturated heterocycles. The Balaban J connectivity index is 2.07. The molecule has 106 valence electrons. The zero-order chi connectivity index (χ0) is 14.1. The first-order valence-electron chi connectivity index (χ1n) is 6.04. The van der Waals surface area contributed by atoms with Gasteiger partial charge in [-0.3, -0.25) is 0 Å². The van der Waals surface area contributed by atoms with Crippen LogP contribution in [0, 0.1) is 5.92 Å². The summed E-state index contributed by atoms with van der Waals surface area (Å²) in [6, 6.07) is 4.44. The van der Waals surface area contributed by atoms with Crippen molar-refractivity contribution in [1.82, 2.24) is 5.32 Å². The Kier molecular flexibility index (Phi) is 3.80. The number of nitrogens with one attached hydrogen (secondary N) is 1. The third-order valence-corrected chi connectivity index (χ3v) is 3.39. The van der Waals surface area contributed by atoms with E-state index < -0.39 is 23.6 Å². The Morgan fingerprint density at radius 1 is 1.16 bits per heavy atom. The Morgan fingerprint density at radius 2 is 1.79 bits per heavy atom. The zero-order valence-electron chi connectivity index (χ0n) is 10.1. The van der Waals surface area contributed by atoms with Crippen molar-refractivity contribution >= 4 is 0 Å². The monoisotopic (exact) mass is 279 g/mol. The van der Waals surface area contributed by atoms with Crippen LogP contribution >= 0.6 is 0 Å². The molecule has 0 aromatic heterocycles. The van der Waals surface area contributed by atoms with E-state index in [2.05, 4.69) is 5.32 Å². The smallest absolute Gasteiger partial charge is 0.311 e. The minimum Gasteiger partial charge on any atom is -0.311 e. The van der Waals surface area contributed by atoms with Crippen LogP contribution in [0.2, 0.25) is 0 Å². The lowest BCUT2D eigenvalue weighted by Gasteiger charge is -2.32. The maximum atomic E-state index is 13.6. The van der Waals surface area contributed by atoms with Crippen LogP contribution in [0.3, 0.4) is 0 Å². The van der Waals surface area contributed by atoms with Crippen molar-refractivity contribution in [2.24, 2.45) is 5.92 Å². The standard InChI is InChI=1S/C13H14F5N/c14-12(15)8-19-6-5-11(12)7-9-1-3-10(4-2-9)13(16,17)18/h1-4,11,19H,5-8H2. The first kappa shape index (κ1) is 14.2. The largest absolute Gasteiger partial charge is 0.416 e. The van der Waals surface area contributed by atoms with Crippen LogP contribution < -0.4 is 5.32 Å². The molecule has 0 saturated carbocycles. The molecule has 6 heteroatoms. The molecule has 19 heavy (non-hydrogen) atoms. The van der Waals surface area contributed by atoms with Gasteiger partial charge in [0.2, 0.25) is 0 Å². The molecular formula is C13H14F5N. The van der Waals surface area contributed by atoms with Crippen LogP contribution in [0.1, 0.15) is 17.5 Å². The van der Waals surface area contributed by atoms with Crippen LogP contribution in [-0.4, -0.2) is 19.0 Å². The number of hydrogen-bond donors (Lipinski definition) is 1. The normalized spacial score (nSPS) is 23.3. The molecule has 1 N–H and O–H groups in total. The van der Waals surface area contributed by atoms with E-state index in [1.54, 1.807) is 0 Å². The predicted octanol–water partition coefficient (Wildman–Crippen LogP) is 3.49. The van der Waals surface area contributed by atoms with Crippen molar-refractivity contribution in [3.8, 4) is 0 Å². The van der Waals surface area contributed by atoms with Crippen LogP contribution in [0.15, 0.2) is 24.3 Å². The molecule has 1 aliphatic heterocycles. The Morgan fingerprint density at radius 3 is 2.32 bits per heavy atom. The molecule has 1 nitrogen and oxygen atoms in total. The summed E-state index contributed by atoms with van der Waals surface area (Å²) in [5.41, 5.74) is -0.243. The van der Waals surface area contributed by atoms with Crippen molar-refractivity contribution in [2.75, 3.05) is 13.1 Å². The van der Waals surface area contributed by atoms with Crippen molar-refractivity contribution in [2.45, 2.75) is 24.9 Å². The molecule has 0 radical (unpaired) electrons. The predicted molar refractivity (Wildman–Crippen MR) is 61.1 cm³/mol. The van der Waals surface area contributed by atoms with Gasteiger partial charge in [-0.1, -0.05) is 12.1 Å². The van der Waals surface area contributed by atoms with Crippen molar-refractivity contribution in [1.29, 1.82) is 0 Å². The van der Waals surface area contributed by atoms with E-state index in [-0.39, 0.29) is 13.0 Å². The van der Waals surface area contributed by atoms with Crippen molar-refractivity contribution < 1.29 is 22.0 Å². The van der Waals surface area contributed by atoms with E-state index in [1.165, 1.54) is 12.1 Å². The molecular weight excluding hydrogens is 265 g/mol. The Hall–Kier alpha value is -1.17. The van der Waals surface area contributed by atoms with Gasteiger partial charge in [-0.2, -0.15) is 13.2 Å². The molecule has 1 unspecified atom stereocenters. The van der Waals surface area contributed by atoms with Crippen molar-refractivity contribution in [3.63, 3.8) is 0 Å². The van der Waals surface area contributed by atoms with Crippen LogP contribution in [0.5, 0.6) is 0 Å². The summed E-state index contributed by atoms with van der Waals surface area (Å²) in [4.78, 5) is 0. The first-order chi connectivity index (χ1) is 8.79. The molecule has 1 aromatic rings. The zero-order valence-corrected chi connectivity index (χ0v) is 10.1. The molecule has 1 heterocycles. The summed E-state index contributed by atoms with van der Waals surface area (Å²) in [5.74, 6) is -3.62. The molecule has 0 aliphatic carbocycles. The number of hydrogen-bond acceptors (Lipinski definition) is 1.